The molecule has 2 atom stereocenters. The minimum Gasteiger partial charge on any atom is -0.392 e. The van der Waals surface area contributed by atoms with E-state index < -0.39 is 5.41 Å². The molecule has 0 bridgehead atoms. The second kappa shape index (κ2) is 5.10. The molecule has 1 saturated heterocycles. The highest BCUT2D eigenvalue weighted by Gasteiger charge is 2.36. The predicted molar refractivity (Wildman–Crippen MR) is 69.2 cm³/mol. The molecule has 1 aliphatic heterocycles. The summed E-state index contributed by atoms with van der Waals surface area (Å²) in [4.78, 5) is 14.6. The van der Waals surface area contributed by atoms with E-state index in [4.69, 9.17) is 18.0 Å². The van der Waals surface area contributed by atoms with Gasteiger partial charge in [-0.05, 0) is 33.4 Å². The van der Waals surface area contributed by atoms with E-state index in [1.165, 1.54) is 0 Å². The second-order valence-electron chi connectivity index (χ2n) is 4.77. The number of nitrogens with two attached hydrogens (primary N) is 1. The fraction of sp³-hybridized carbons (Fsp3) is 0.818. The van der Waals surface area contributed by atoms with Crippen LogP contribution in [0.3, 0.4) is 0 Å². The number of nitrogens with zero attached hydrogens (tertiary/aromatic N) is 1. The molecule has 92 valence electrons. The first kappa shape index (κ1) is 13.4. The van der Waals surface area contributed by atoms with Crippen LogP contribution in [0.4, 0.5) is 0 Å². The summed E-state index contributed by atoms with van der Waals surface area (Å²) in [6, 6.07) is 0.234. The van der Waals surface area contributed by atoms with Gasteiger partial charge in [0.2, 0.25) is 5.91 Å². The van der Waals surface area contributed by atoms with Crippen LogP contribution in [0.1, 0.15) is 26.7 Å². The van der Waals surface area contributed by atoms with Gasteiger partial charge in [0.1, 0.15) is 0 Å². The number of amides is 1. The van der Waals surface area contributed by atoms with Gasteiger partial charge in [0.25, 0.3) is 0 Å². The van der Waals surface area contributed by atoms with Gasteiger partial charge < -0.3 is 16.0 Å². The maximum Gasteiger partial charge on any atom is 0.233 e. The van der Waals surface area contributed by atoms with Gasteiger partial charge in [-0.3, -0.25) is 4.79 Å². The molecule has 3 N–H and O–H groups in total. The lowest BCUT2D eigenvalue weighted by Gasteiger charge is -2.27. The molecule has 0 saturated carbocycles. The Labute approximate surface area is 103 Å². The number of hydrogen-bond acceptors (Lipinski definition) is 3. The highest BCUT2D eigenvalue weighted by atomic mass is 32.1. The number of carbonyl (C=O) groups is 1. The zero-order valence-corrected chi connectivity index (χ0v) is 11.1. The topological polar surface area (TPSA) is 58.4 Å². The van der Waals surface area contributed by atoms with E-state index in [9.17, 15) is 4.79 Å². The van der Waals surface area contributed by atoms with Crippen LogP contribution in [0.5, 0.6) is 0 Å². The molecule has 5 heteroatoms. The summed E-state index contributed by atoms with van der Waals surface area (Å²) in [5, 5.41) is 3.03. The van der Waals surface area contributed by atoms with Gasteiger partial charge >= 0.3 is 0 Å². The molecule has 4 nitrogen and oxygen atoms in total. The summed E-state index contributed by atoms with van der Waals surface area (Å²) in [6.07, 6.45) is 1.64. The molecule has 0 aliphatic carbocycles. The summed E-state index contributed by atoms with van der Waals surface area (Å²) < 4.78 is 0. The Balaban J connectivity index is 2.60. The Morgan fingerprint density at radius 1 is 1.69 bits per heavy atom. The second-order valence-corrected chi connectivity index (χ2v) is 5.21. The fourth-order valence-electron chi connectivity index (χ4n) is 1.84. The molecule has 0 aromatic heterocycles. The molecule has 2 unspecified atom stereocenters. The van der Waals surface area contributed by atoms with Crippen molar-refractivity contribution in [1.29, 1.82) is 0 Å². The Morgan fingerprint density at radius 2 is 2.31 bits per heavy atom. The van der Waals surface area contributed by atoms with E-state index in [0.717, 1.165) is 19.5 Å². The molecular weight excluding hydrogens is 222 g/mol. The fourth-order valence-corrected chi connectivity index (χ4v) is 2.08. The number of nitrogens with one attached hydrogen (secondary N) is 1. The summed E-state index contributed by atoms with van der Waals surface area (Å²) in [5.74, 6) is -0.0391. The smallest absolute Gasteiger partial charge is 0.233 e. The van der Waals surface area contributed by atoms with Crippen LogP contribution >= 0.6 is 12.2 Å². The first-order valence-electron chi connectivity index (χ1n) is 5.69. The maximum atomic E-state index is 12.1. The molecule has 1 fully saturated rings. The highest BCUT2D eigenvalue weighted by molar-refractivity contribution is 7.80. The first-order valence-corrected chi connectivity index (χ1v) is 6.10. The summed E-state index contributed by atoms with van der Waals surface area (Å²) in [6.45, 7) is 5.67. The van der Waals surface area contributed by atoms with Crippen molar-refractivity contribution < 1.29 is 4.79 Å². The highest BCUT2D eigenvalue weighted by Crippen LogP contribution is 2.22. The standard InChI is InChI=1S/C11H21N3OS/c1-4-11(2,9(12)16)10(15)13-8-5-6-14(3)7-8/h8H,4-7H2,1-3H3,(H2,12,16)(H,13,15). The third kappa shape index (κ3) is 2.71. The molecule has 1 amide bonds. The minimum absolute atomic E-state index is 0.0391. The molecule has 0 aromatic carbocycles. The van der Waals surface area contributed by atoms with E-state index in [2.05, 4.69) is 17.3 Å². The van der Waals surface area contributed by atoms with Crippen molar-refractivity contribution in [2.75, 3.05) is 20.1 Å². The molecule has 0 aromatic rings. The number of likely N-dealkylation sites (N-methyl/N-ethyl adjacent to an activating group) is 1. The largest absolute Gasteiger partial charge is 0.392 e. The number of hydrogen-bond donors (Lipinski definition) is 2. The Kier molecular flexibility index (Phi) is 4.27. The van der Waals surface area contributed by atoms with Gasteiger partial charge in [-0.25, -0.2) is 0 Å². The zero-order chi connectivity index (χ0) is 12.3. The maximum absolute atomic E-state index is 12.1. The normalized spacial score (nSPS) is 25.1. The van der Waals surface area contributed by atoms with Crippen LogP contribution in [-0.4, -0.2) is 42.0 Å². The van der Waals surface area contributed by atoms with E-state index in [-0.39, 0.29) is 16.9 Å². The van der Waals surface area contributed by atoms with E-state index in [1.54, 1.807) is 0 Å². The third-order valence-electron chi connectivity index (χ3n) is 3.48. The average Bonchev–Trinajstić information content (AvgIpc) is 2.62. The third-order valence-corrected chi connectivity index (χ3v) is 3.93. The van der Waals surface area contributed by atoms with Crippen LogP contribution in [0.2, 0.25) is 0 Å². The van der Waals surface area contributed by atoms with Gasteiger partial charge in [0.15, 0.2) is 0 Å². The number of rotatable bonds is 4. The van der Waals surface area contributed by atoms with Crippen molar-refractivity contribution in [3.63, 3.8) is 0 Å². The SMILES string of the molecule is CCC(C)(C(=O)NC1CCN(C)C1)C(N)=S. The average molecular weight is 243 g/mol. The van der Waals surface area contributed by atoms with Crippen LogP contribution in [0, 0.1) is 5.41 Å². The van der Waals surface area contributed by atoms with Crippen molar-refractivity contribution in [3.8, 4) is 0 Å². The minimum atomic E-state index is -0.712. The van der Waals surface area contributed by atoms with Gasteiger partial charge in [-0.15, -0.1) is 0 Å². The van der Waals surface area contributed by atoms with Crippen LogP contribution in [-0.2, 0) is 4.79 Å². The molecule has 1 heterocycles. The van der Waals surface area contributed by atoms with Gasteiger partial charge in [0, 0.05) is 12.6 Å². The predicted octanol–water partition coefficient (Wildman–Crippen LogP) is 0.509. The lowest BCUT2D eigenvalue weighted by Crippen LogP contribution is -2.50. The van der Waals surface area contributed by atoms with Crippen molar-refractivity contribution >= 4 is 23.1 Å². The van der Waals surface area contributed by atoms with E-state index in [0.29, 0.717) is 6.42 Å². The quantitative estimate of drug-likeness (QED) is 0.706. The van der Waals surface area contributed by atoms with E-state index in [1.807, 2.05) is 13.8 Å². The first-order chi connectivity index (χ1) is 7.40. The van der Waals surface area contributed by atoms with Crippen molar-refractivity contribution in [2.45, 2.75) is 32.7 Å². The van der Waals surface area contributed by atoms with Crippen LogP contribution < -0.4 is 11.1 Å². The molecule has 1 rings (SSSR count). The van der Waals surface area contributed by atoms with Crippen molar-refractivity contribution in [1.82, 2.24) is 10.2 Å². The summed E-state index contributed by atoms with van der Waals surface area (Å²) in [5.41, 5.74) is 4.93. The van der Waals surface area contributed by atoms with Crippen LogP contribution in [0.25, 0.3) is 0 Å². The van der Waals surface area contributed by atoms with Gasteiger partial charge in [-0.1, -0.05) is 19.1 Å². The zero-order valence-electron chi connectivity index (χ0n) is 10.2. The Hall–Kier alpha value is -0.680. The Morgan fingerprint density at radius 3 is 2.69 bits per heavy atom. The van der Waals surface area contributed by atoms with E-state index >= 15 is 0 Å². The Bertz CT molecular complexity index is 295. The molecule has 1 aliphatic rings. The van der Waals surface area contributed by atoms with Crippen molar-refractivity contribution in [3.05, 3.63) is 0 Å². The lowest BCUT2D eigenvalue weighted by molar-refractivity contribution is -0.127. The van der Waals surface area contributed by atoms with Crippen LogP contribution in [0.15, 0.2) is 0 Å². The molecule has 0 spiro atoms. The van der Waals surface area contributed by atoms with Crippen molar-refractivity contribution in [2.24, 2.45) is 11.1 Å². The number of carbonyl (C=O) groups excluding carboxylic acids is 1. The lowest BCUT2D eigenvalue weighted by atomic mass is 9.86. The monoisotopic (exact) mass is 243 g/mol. The molecule has 0 radical (unpaired) electrons. The molecular formula is C11H21N3OS. The number of likely N-dealkylation sites (tertiary alicyclic amines) is 1. The number of thiocarbonyl (C=S) groups is 1. The van der Waals surface area contributed by atoms with Gasteiger partial charge in [-0.2, -0.15) is 0 Å². The van der Waals surface area contributed by atoms with Gasteiger partial charge in [0.05, 0.1) is 10.4 Å². The summed E-state index contributed by atoms with van der Waals surface area (Å²) >= 11 is 4.98. The molecule has 16 heavy (non-hydrogen) atoms. The summed E-state index contributed by atoms with van der Waals surface area (Å²) in [7, 11) is 2.05.